The molecule has 6 nitrogen and oxygen atoms in total. The van der Waals surface area contributed by atoms with Crippen LogP contribution < -0.4 is 5.32 Å². The van der Waals surface area contributed by atoms with Crippen LogP contribution in [0.25, 0.3) is 22.7 Å². The van der Waals surface area contributed by atoms with Crippen LogP contribution in [-0.4, -0.2) is 16.0 Å². The number of aromatic nitrogens is 2. The summed E-state index contributed by atoms with van der Waals surface area (Å²) in [5.41, 5.74) is 2.20. The molecule has 4 rings (SSSR count). The fourth-order valence-electron chi connectivity index (χ4n) is 2.40. The Morgan fingerprint density at radius 3 is 2.20 bits per heavy atom. The summed E-state index contributed by atoms with van der Waals surface area (Å²) in [7, 11) is 0. The van der Waals surface area contributed by atoms with E-state index in [2.05, 4.69) is 15.5 Å². The van der Waals surface area contributed by atoms with Crippen molar-refractivity contribution < 1.29 is 13.7 Å². The lowest BCUT2D eigenvalue weighted by Crippen LogP contribution is -2.11. The van der Waals surface area contributed by atoms with E-state index in [0.29, 0.717) is 11.6 Å². The molecule has 0 aliphatic carbocycles. The largest absolute Gasteiger partial charge is 0.420 e. The van der Waals surface area contributed by atoms with E-state index in [4.69, 9.17) is 8.94 Å². The number of hydrogen-bond acceptors (Lipinski definition) is 5. The van der Waals surface area contributed by atoms with E-state index in [0.717, 1.165) is 11.1 Å². The predicted molar refractivity (Wildman–Crippen MR) is 91.8 cm³/mol. The first-order valence-electron chi connectivity index (χ1n) is 7.65. The van der Waals surface area contributed by atoms with Gasteiger partial charge in [-0.2, -0.15) is 0 Å². The lowest BCUT2D eigenvalue weighted by atomic mass is 10.1. The zero-order chi connectivity index (χ0) is 17.1. The first-order valence-corrected chi connectivity index (χ1v) is 7.65. The minimum atomic E-state index is -0.453. The van der Waals surface area contributed by atoms with Crippen molar-refractivity contribution in [1.29, 1.82) is 0 Å². The zero-order valence-electron chi connectivity index (χ0n) is 13.0. The van der Waals surface area contributed by atoms with Crippen molar-refractivity contribution in [1.82, 2.24) is 10.1 Å². The fraction of sp³-hybridized carbons (Fsp3) is 0. The number of benzene rings is 2. The zero-order valence-corrected chi connectivity index (χ0v) is 13.0. The molecule has 0 spiro atoms. The Kier molecular flexibility index (Phi) is 3.84. The topological polar surface area (TPSA) is 81.2 Å². The Labute approximate surface area is 143 Å². The normalized spacial score (nSPS) is 10.6. The number of nitrogens with zero attached hydrogens (tertiary/aromatic N) is 2. The summed E-state index contributed by atoms with van der Waals surface area (Å²) < 4.78 is 10.7. The van der Waals surface area contributed by atoms with Gasteiger partial charge in [-0.25, -0.2) is 4.98 Å². The second-order valence-corrected chi connectivity index (χ2v) is 5.26. The highest BCUT2D eigenvalue weighted by Crippen LogP contribution is 2.32. The summed E-state index contributed by atoms with van der Waals surface area (Å²) in [6, 6.07) is 20.5. The third kappa shape index (κ3) is 3.05. The molecule has 0 aliphatic rings. The summed E-state index contributed by atoms with van der Waals surface area (Å²) >= 11 is 0. The quantitative estimate of drug-likeness (QED) is 0.604. The predicted octanol–water partition coefficient (Wildman–Crippen LogP) is 4.25. The first kappa shape index (κ1) is 14.9. The van der Waals surface area contributed by atoms with E-state index >= 15 is 0 Å². The molecule has 2 aromatic heterocycles. The van der Waals surface area contributed by atoms with Crippen LogP contribution >= 0.6 is 0 Å². The van der Waals surface area contributed by atoms with Gasteiger partial charge >= 0.3 is 0 Å². The molecule has 0 saturated carbocycles. The highest BCUT2D eigenvalue weighted by atomic mass is 16.5. The maximum Gasteiger partial charge on any atom is 0.296 e. The van der Waals surface area contributed by atoms with Crippen molar-refractivity contribution in [2.24, 2.45) is 0 Å². The lowest BCUT2D eigenvalue weighted by molar-refractivity contribution is 0.0985. The van der Waals surface area contributed by atoms with Crippen molar-refractivity contribution >= 4 is 11.8 Å². The summed E-state index contributed by atoms with van der Waals surface area (Å²) in [4.78, 5) is 16.8. The third-order valence-corrected chi connectivity index (χ3v) is 3.58. The molecule has 0 radical (unpaired) electrons. The Hall–Kier alpha value is -3.67. The molecule has 0 bridgehead atoms. The molecule has 0 aliphatic heterocycles. The number of amides is 1. The van der Waals surface area contributed by atoms with Gasteiger partial charge < -0.3 is 8.94 Å². The standard InChI is InChI=1S/C19H13N3O3/c23-17(15-11-12-20-25-15)22-19-16(13-7-3-1-4-8-13)21-18(24-19)14-9-5-2-6-10-14/h1-12H,(H,22,23). The Bertz CT molecular complexity index is 977. The van der Waals surface area contributed by atoms with Crippen LogP contribution in [0.2, 0.25) is 0 Å². The van der Waals surface area contributed by atoms with Crippen LogP contribution in [0.1, 0.15) is 10.6 Å². The van der Waals surface area contributed by atoms with E-state index in [1.807, 2.05) is 60.7 Å². The van der Waals surface area contributed by atoms with E-state index in [1.165, 1.54) is 12.3 Å². The second-order valence-electron chi connectivity index (χ2n) is 5.26. The van der Waals surface area contributed by atoms with Gasteiger partial charge in [0.25, 0.3) is 5.91 Å². The molecule has 0 unspecified atom stereocenters. The minimum absolute atomic E-state index is 0.0941. The van der Waals surface area contributed by atoms with Crippen LogP contribution in [0.4, 0.5) is 5.88 Å². The molecule has 0 fully saturated rings. The van der Waals surface area contributed by atoms with E-state index < -0.39 is 5.91 Å². The average molecular weight is 331 g/mol. The van der Waals surface area contributed by atoms with Gasteiger partial charge in [0, 0.05) is 17.2 Å². The molecule has 25 heavy (non-hydrogen) atoms. The van der Waals surface area contributed by atoms with E-state index in [9.17, 15) is 4.79 Å². The number of anilines is 1. The van der Waals surface area contributed by atoms with Crippen molar-refractivity contribution in [2.75, 3.05) is 5.32 Å². The number of rotatable bonds is 4. The van der Waals surface area contributed by atoms with E-state index in [1.54, 1.807) is 0 Å². The molecule has 4 aromatic rings. The molecular weight excluding hydrogens is 318 g/mol. The summed E-state index contributed by atoms with van der Waals surface area (Å²) in [5, 5.41) is 6.24. The van der Waals surface area contributed by atoms with Crippen LogP contribution in [0.15, 0.2) is 81.9 Å². The van der Waals surface area contributed by atoms with Crippen LogP contribution in [0.5, 0.6) is 0 Å². The molecule has 6 heteroatoms. The number of nitrogens with one attached hydrogen (secondary N) is 1. The maximum atomic E-state index is 12.3. The second kappa shape index (κ2) is 6.45. The van der Waals surface area contributed by atoms with Crippen molar-refractivity contribution in [2.45, 2.75) is 0 Å². The molecular formula is C19H13N3O3. The summed E-state index contributed by atoms with van der Waals surface area (Å²) in [6.45, 7) is 0. The highest BCUT2D eigenvalue weighted by molar-refractivity contribution is 6.03. The van der Waals surface area contributed by atoms with Crippen LogP contribution in [0.3, 0.4) is 0 Å². The van der Waals surface area contributed by atoms with Gasteiger partial charge in [-0.3, -0.25) is 10.1 Å². The number of oxazole rings is 1. The lowest BCUT2D eigenvalue weighted by Gasteiger charge is -2.01. The van der Waals surface area contributed by atoms with E-state index in [-0.39, 0.29) is 11.6 Å². The molecule has 1 N–H and O–H groups in total. The molecule has 0 saturated heterocycles. The fourth-order valence-corrected chi connectivity index (χ4v) is 2.40. The molecule has 2 heterocycles. The van der Waals surface area contributed by atoms with Crippen LogP contribution in [0, 0.1) is 0 Å². The van der Waals surface area contributed by atoms with Crippen molar-refractivity contribution in [3.8, 4) is 22.7 Å². The molecule has 0 atom stereocenters. The van der Waals surface area contributed by atoms with Gasteiger partial charge in [-0.05, 0) is 12.1 Å². The third-order valence-electron chi connectivity index (χ3n) is 3.58. The first-order chi connectivity index (χ1) is 12.3. The van der Waals surface area contributed by atoms with Gasteiger partial charge in [0.15, 0.2) is 0 Å². The molecule has 2 aromatic carbocycles. The number of hydrogen-bond donors (Lipinski definition) is 1. The monoisotopic (exact) mass is 331 g/mol. The van der Waals surface area contributed by atoms with Crippen molar-refractivity contribution in [3.63, 3.8) is 0 Å². The summed E-state index contributed by atoms with van der Waals surface area (Å²) in [6.07, 6.45) is 1.41. The van der Waals surface area contributed by atoms with Gasteiger partial charge in [-0.15, -0.1) is 0 Å². The van der Waals surface area contributed by atoms with Gasteiger partial charge in [0.2, 0.25) is 17.5 Å². The average Bonchev–Trinajstić information content (AvgIpc) is 3.33. The van der Waals surface area contributed by atoms with Crippen LogP contribution in [-0.2, 0) is 0 Å². The SMILES string of the molecule is O=C(Nc1oc(-c2ccccc2)nc1-c1ccccc1)c1ccno1. The van der Waals surface area contributed by atoms with Crippen molar-refractivity contribution in [3.05, 3.63) is 78.7 Å². The van der Waals surface area contributed by atoms with Gasteiger partial charge in [0.05, 0.1) is 6.20 Å². The Morgan fingerprint density at radius 1 is 0.880 bits per heavy atom. The Morgan fingerprint density at radius 2 is 1.56 bits per heavy atom. The molecule has 122 valence electrons. The highest BCUT2D eigenvalue weighted by Gasteiger charge is 2.20. The number of carbonyl (C=O) groups is 1. The minimum Gasteiger partial charge on any atom is -0.420 e. The summed E-state index contributed by atoms with van der Waals surface area (Å²) in [5.74, 6) is 0.320. The Balaban J connectivity index is 1.76. The van der Waals surface area contributed by atoms with Gasteiger partial charge in [-0.1, -0.05) is 53.7 Å². The maximum absolute atomic E-state index is 12.3. The smallest absolute Gasteiger partial charge is 0.296 e. The molecule has 1 amide bonds. The van der Waals surface area contributed by atoms with Gasteiger partial charge in [0.1, 0.15) is 5.69 Å². The number of carbonyl (C=O) groups excluding carboxylic acids is 1.